The highest BCUT2D eigenvalue weighted by molar-refractivity contribution is 5.25. The first-order chi connectivity index (χ1) is 8.99. The summed E-state index contributed by atoms with van der Waals surface area (Å²) in [6.07, 6.45) is 2.50. The van der Waals surface area contributed by atoms with Gasteiger partial charge in [-0.05, 0) is 43.2 Å². The average molecular weight is 269 g/mol. The molecule has 1 aliphatic rings. The van der Waals surface area contributed by atoms with Crippen LogP contribution in [0.4, 0.5) is 8.78 Å². The molecule has 3 unspecified atom stereocenters. The minimum atomic E-state index is -0.929. The quantitative estimate of drug-likeness (QED) is 0.911. The first-order valence-corrected chi connectivity index (χ1v) is 6.85. The number of halogens is 2. The van der Waals surface area contributed by atoms with Crippen molar-refractivity contribution in [1.29, 1.82) is 0 Å². The van der Waals surface area contributed by atoms with Gasteiger partial charge in [0.25, 0.3) is 0 Å². The molecular formula is C15H21F2NO. The molecule has 1 saturated carbocycles. The fourth-order valence-corrected chi connectivity index (χ4v) is 2.66. The molecule has 19 heavy (non-hydrogen) atoms. The molecule has 2 rings (SSSR count). The van der Waals surface area contributed by atoms with E-state index in [-0.39, 0.29) is 17.9 Å². The summed E-state index contributed by atoms with van der Waals surface area (Å²) in [7, 11) is 0. The molecular weight excluding hydrogens is 248 g/mol. The van der Waals surface area contributed by atoms with Crippen LogP contribution in [0, 0.1) is 23.5 Å². The van der Waals surface area contributed by atoms with Gasteiger partial charge in [-0.25, -0.2) is 4.39 Å². The molecule has 0 radical (unpaired) electrons. The summed E-state index contributed by atoms with van der Waals surface area (Å²) in [5.41, 5.74) is 6.04. The molecule has 0 amide bonds. The Kier molecular flexibility index (Phi) is 4.40. The Labute approximate surface area is 112 Å². The fourth-order valence-electron chi connectivity index (χ4n) is 2.66. The van der Waals surface area contributed by atoms with E-state index in [9.17, 15) is 8.78 Å². The molecule has 1 fully saturated rings. The van der Waals surface area contributed by atoms with E-state index >= 15 is 0 Å². The van der Waals surface area contributed by atoms with Crippen molar-refractivity contribution in [1.82, 2.24) is 0 Å². The van der Waals surface area contributed by atoms with Crippen molar-refractivity contribution >= 4 is 0 Å². The van der Waals surface area contributed by atoms with Gasteiger partial charge in [-0.15, -0.1) is 0 Å². The molecule has 0 aromatic heterocycles. The minimum Gasteiger partial charge on any atom is -0.486 e. The first kappa shape index (κ1) is 14.3. The lowest BCUT2D eigenvalue weighted by Gasteiger charge is -2.36. The zero-order valence-electron chi connectivity index (χ0n) is 11.4. The highest BCUT2D eigenvalue weighted by Crippen LogP contribution is 2.32. The lowest BCUT2D eigenvalue weighted by molar-refractivity contribution is 0.0826. The van der Waals surface area contributed by atoms with Gasteiger partial charge in [0.05, 0.1) is 0 Å². The molecule has 106 valence electrons. The van der Waals surface area contributed by atoms with Gasteiger partial charge in [-0.1, -0.05) is 19.9 Å². The van der Waals surface area contributed by atoms with Gasteiger partial charge in [0.15, 0.2) is 11.6 Å². The number of rotatable bonds is 3. The van der Waals surface area contributed by atoms with Gasteiger partial charge >= 0.3 is 0 Å². The van der Waals surface area contributed by atoms with Crippen molar-refractivity contribution in [3.63, 3.8) is 0 Å². The standard InChI is InChI=1S/C15H21F2NO/c1-9(2)10-6-7-12(18)14(8-10)19-13-5-3-4-11(16)15(13)17/h3-5,9-10,12,14H,6-8,18H2,1-2H3. The Hall–Kier alpha value is -1.16. The van der Waals surface area contributed by atoms with Crippen LogP contribution in [0.2, 0.25) is 0 Å². The van der Waals surface area contributed by atoms with Crippen LogP contribution in [0.1, 0.15) is 33.1 Å². The highest BCUT2D eigenvalue weighted by atomic mass is 19.2. The zero-order chi connectivity index (χ0) is 14.0. The molecule has 0 heterocycles. The van der Waals surface area contributed by atoms with E-state index < -0.39 is 11.6 Å². The van der Waals surface area contributed by atoms with Crippen LogP contribution in [0.25, 0.3) is 0 Å². The van der Waals surface area contributed by atoms with Crippen LogP contribution in [0.5, 0.6) is 5.75 Å². The highest BCUT2D eigenvalue weighted by Gasteiger charge is 2.31. The summed E-state index contributed by atoms with van der Waals surface area (Å²) in [6, 6.07) is 3.86. The third kappa shape index (κ3) is 3.24. The van der Waals surface area contributed by atoms with Crippen molar-refractivity contribution in [2.45, 2.75) is 45.3 Å². The van der Waals surface area contributed by atoms with Gasteiger partial charge in [0, 0.05) is 6.04 Å². The maximum atomic E-state index is 13.6. The normalized spacial score (nSPS) is 27.6. The maximum Gasteiger partial charge on any atom is 0.200 e. The van der Waals surface area contributed by atoms with Crippen LogP contribution >= 0.6 is 0 Å². The summed E-state index contributed by atoms with van der Waals surface area (Å²) >= 11 is 0. The first-order valence-electron chi connectivity index (χ1n) is 6.85. The van der Waals surface area contributed by atoms with E-state index in [1.54, 1.807) is 0 Å². The fraction of sp³-hybridized carbons (Fsp3) is 0.600. The van der Waals surface area contributed by atoms with Gasteiger partial charge in [0.2, 0.25) is 5.82 Å². The van der Waals surface area contributed by atoms with Crippen LogP contribution < -0.4 is 10.5 Å². The zero-order valence-corrected chi connectivity index (χ0v) is 11.4. The third-order valence-electron chi connectivity index (χ3n) is 4.02. The van der Waals surface area contributed by atoms with Crippen LogP contribution in [-0.4, -0.2) is 12.1 Å². The van der Waals surface area contributed by atoms with E-state index in [0.717, 1.165) is 25.3 Å². The maximum absolute atomic E-state index is 13.6. The van der Waals surface area contributed by atoms with Crippen LogP contribution in [0.15, 0.2) is 18.2 Å². The second-order valence-corrected chi connectivity index (χ2v) is 5.69. The SMILES string of the molecule is CC(C)C1CCC(N)C(Oc2cccc(F)c2F)C1. The van der Waals surface area contributed by atoms with E-state index in [1.807, 2.05) is 0 Å². The van der Waals surface area contributed by atoms with E-state index in [4.69, 9.17) is 10.5 Å². The van der Waals surface area contributed by atoms with Crippen LogP contribution in [0.3, 0.4) is 0 Å². The minimum absolute atomic E-state index is 0.0372. The number of hydrogen-bond donors (Lipinski definition) is 1. The number of nitrogens with two attached hydrogens (primary N) is 1. The Morgan fingerprint density at radius 3 is 2.68 bits per heavy atom. The lowest BCUT2D eigenvalue weighted by atomic mass is 9.78. The Bertz CT molecular complexity index is 436. The van der Waals surface area contributed by atoms with E-state index in [1.165, 1.54) is 12.1 Å². The summed E-state index contributed by atoms with van der Waals surface area (Å²) in [5, 5.41) is 0. The molecule has 0 saturated heterocycles. The molecule has 3 atom stereocenters. The molecule has 4 heteroatoms. The number of ether oxygens (including phenoxy) is 1. The summed E-state index contributed by atoms with van der Waals surface area (Å²) in [4.78, 5) is 0. The van der Waals surface area contributed by atoms with E-state index in [2.05, 4.69) is 13.8 Å². The molecule has 0 bridgehead atoms. The molecule has 1 aromatic carbocycles. The molecule has 0 spiro atoms. The Morgan fingerprint density at radius 2 is 2.00 bits per heavy atom. The van der Waals surface area contributed by atoms with Crippen molar-refractivity contribution < 1.29 is 13.5 Å². The molecule has 2 N–H and O–H groups in total. The lowest BCUT2D eigenvalue weighted by Crippen LogP contribution is -2.44. The van der Waals surface area contributed by atoms with Gasteiger partial charge in [-0.2, -0.15) is 4.39 Å². The third-order valence-corrected chi connectivity index (χ3v) is 4.02. The average Bonchev–Trinajstić information content (AvgIpc) is 2.37. The summed E-state index contributed by atoms with van der Waals surface area (Å²) < 4.78 is 32.4. The monoisotopic (exact) mass is 269 g/mol. The molecule has 2 nitrogen and oxygen atoms in total. The Morgan fingerprint density at radius 1 is 1.26 bits per heavy atom. The van der Waals surface area contributed by atoms with Crippen molar-refractivity contribution in [3.05, 3.63) is 29.8 Å². The Balaban J connectivity index is 2.10. The molecule has 1 aliphatic carbocycles. The second-order valence-electron chi connectivity index (χ2n) is 5.69. The number of hydrogen-bond acceptors (Lipinski definition) is 2. The van der Waals surface area contributed by atoms with E-state index in [0.29, 0.717) is 11.8 Å². The van der Waals surface area contributed by atoms with Gasteiger partial charge in [0.1, 0.15) is 6.10 Å². The summed E-state index contributed by atoms with van der Waals surface area (Å²) in [5.74, 6) is -0.772. The largest absolute Gasteiger partial charge is 0.486 e. The van der Waals surface area contributed by atoms with Crippen LogP contribution in [-0.2, 0) is 0 Å². The molecule has 1 aromatic rings. The number of benzene rings is 1. The predicted octanol–water partition coefficient (Wildman–Crippen LogP) is 3.50. The second kappa shape index (κ2) is 5.87. The molecule has 0 aliphatic heterocycles. The van der Waals surface area contributed by atoms with Gasteiger partial charge < -0.3 is 10.5 Å². The summed E-state index contributed by atoms with van der Waals surface area (Å²) in [6.45, 7) is 4.34. The predicted molar refractivity (Wildman–Crippen MR) is 70.9 cm³/mol. The van der Waals surface area contributed by atoms with Crippen molar-refractivity contribution in [2.75, 3.05) is 0 Å². The topological polar surface area (TPSA) is 35.2 Å². The smallest absolute Gasteiger partial charge is 0.200 e. The van der Waals surface area contributed by atoms with Gasteiger partial charge in [-0.3, -0.25) is 0 Å². The van der Waals surface area contributed by atoms with Crippen molar-refractivity contribution in [3.8, 4) is 5.75 Å². The van der Waals surface area contributed by atoms with Crippen molar-refractivity contribution in [2.24, 2.45) is 17.6 Å².